The number of carbonyl (C=O) groups excluding carboxylic acids is 1. The van der Waals surface area contributed by atoms with Crippen molar-refractivity contribution in [2.45, 2.75) is 32.1 Å². The molecule has 1 fully saturated rings. The molecule has 1 N–H and O–H groups in total. The van der Waals surface area contributed by atoms with Gasteiger partial charge in [-0.1, -0.05) is 25.3 Å². The summed E-state index contributed by atoms with van der Waals surface area (Å²) in [5.41, 5.74) is 0.632. The van der Waals surface area contributed by atoms with Crippen LogP contribution in [0.15, 0.2) is 48.8 Å². The lowest BCUT2D eigenvalue weighted by molar-refractivity contribution is 0.0943. The first-order valence-electron chi connectivity index (χ1n) is 8.27. The quantitative estimate of drug-likeness (QED) is 0.901. The maximum Gasteiger partial charge on any atom is 0.251 e. The molecule has 4 nitrogen and oxygen atoms in total. The summed E-state index contributed by atoms with van der Waals surface area (Å²) in [6, 6.07) is 10.8. The molecular formula is C19H22N2O2. The third-order valence-electron chi connectivity index (χ3n) is 4.26. The molecule has 1 aromatic carbocycles. The van der Waals surface area contributed by atoms with Gasteiger partial charge in [-0.2, -0.15) is 0 Å². The van der Waals surface area contributed by atoms with Gasteiger partial charge in [-0.3, -0.25) is 9.78 Å². The van der Waals surface area contributed by atoms with Crippen LogP contribution < -0.4 is 10.1 Å². The van der Waals surface area contributed by atoms with Crippen LogP contribution in [0.5, 0.6) is 11.5 Å². The summed E-state index contributed by atoms with van der Waals surface area (Å²) >= 11 is 0. The molecule has 0 unspecified atom stereocenters. The zero-order valence-electron chi connectivity index (χ0n) is 13.2. The van der Waals surface area contributed by atoms with Crippen molar-refractivity contribution in [2.75, 3.05) is 6.54 Å². The highest BCUT2D eigenvalue weighted by molar-refractivity contribution is 5.94. The number of nitrogens with one attached hydrogen (secondary N) is 1. The molecule has 1 aliphatic rings. The minimum Gasteiger partial charge on any atom is -0.457 e. The SMILES string of the molecule is O=C(NCC1CCCCC1)c1cccc(Oc2ccncc2)c1. The second-order valence-corrected chi connectivity index (χ2v) is 6.03. The number of carbonyl (C=O) groups is 1. The van der Waals surface area contributed by atoms with Gasteiger partial charge in [-0.05, 0) is 49.1 Å². The van der Waals surface area contributed by atoms with E-state index in [1.165, 1.54) is 32.1 Å². The Balaban J connectivity index is 1.58. The molecule has 1 aromatic heterocycles. The number of hydrogen-bond donors (Lipinski definition) is 1. The highest BCUT2D eigenvalue weighted by Crippen LogP contribution is 2.23. The molecule has 2 aromatic rings. The van der Waals surface area contributed by atoms with Crippen LogP contribution in [0.4, 0.5) is 0 Å². The lowest BCUT2D eigenvalue weighted by Crippen LogP contribution is -2.30. The van der Waals surface area contributed by atoms with Crippen molar-refractivity contribution in [3.63, 3.8) is 0 Å². The number of rotatable bonds is 5. The molecule has 0 radical (unpaired) electrons. The van der Waals surface area contributed by atoms with Crippen molar-refractivity contribution in [3.05, 3.63) is 54.4 Å². The molecule has 1 saturated carbocycles. The van der Waals surface area contributed by atoms with E-state index in [1.807, 2.05) is 18.2 Å². The van der Waals surface area contributed by atoms with E-state index in [2.05, 4.69) is 10.3 Å². The molecular weight excluding hydrogens is 288 g/mol. The van der Waals surface area contributed by atoms with E-state index >= 15 is 0 Å². The normalized spacial score (nSPS) is 15.1. The number of benzene rings is 1. The summed E-state index contributed by atoms with van der Waals surface area (Å²) in [6.07, 6.45) is 9.72. The lowest BCUT2D eigenvalue weighted by Gasteiger charge is -2.21. The Kier molecular flexibility index (Phi) is 5.25. The molecule has 120 valence electrons. The number of pyridine rings is 1. The number of ether oxygens (including phenoxy) is 1. The molecule has 4 heteroatoms. The summed E-state index contributed by atoms with van der Waals surface area (Å²) in [5, 5.41) is 3.06. The van der Waals surface area contributed by atoms with Crippen molar-refractivity contribution < 1.29 is 9.53 Å². The third-order valence-corrected chi connectivity index (χ3v) is 4.26. The predicted octanol–water partition coefficient (Wildman–Crippen LogP) is 4.18. The van der Waals surface area contributed by atoms with Crippen LogP contribution in [0, 0.1) is 5.92 Å². The van der Waals surface area contributed by atoms with E-state index in [4.69, 9.17) is 4.74 Å². The fourth-order valence-electron chi connectivity index (χ4n) is 2.97. The Hall–Kier alpha value is -2.36. The first-order chi connectivity index (χ1) is 11.3. The summed E-state index contributed by atoms with van der Waals surface area (Å²) in [7, 11) is 0. The van der Waals surface area contributed by atoms with Gasteiger partial charge in [-0.25, -0.2) is 0 Å². The molecule has 1 heterocycles. The van der Waals surface area contributed by atoms with Crippen molar-refractivity contribution in [1.82, 2.24) is 10.3 Å². The van der Waals surface area contributed by atoms with Gasteiger partial charge in [0.2, 0.25) is 0 Å². The zero-order valence-corrected chi connectivity index (χ0v) is 13.2. The molecule has 0 atom stereocenters. The van der Waals surface area contributed by atoms with E-state index in [1.54, 1.807) is 30.6 Å². The molecule has 1 aliphatic carbocycles. The summed E-state index contributed by atoms with van der Waals surface area (Å²) < 4.78 is 5.74. The highest BCUT2D eigenvalue weighted by atomic mass is 16.5. The Morgan fingerprint density at radius 1 is 1.09 bits per heavy atom. The number of hydrogen-bond acceptors (Lipinski definition) is 3. The number of aromatic nitrogens is 1. The van der Waals surface area contributed by atoms with Crippen LogP contribution >= 0.6 is 0 Å². The van der Waals surface area contributed by atoms with Gasteiger partial charge in [0, 0.05) is 24.5 Å². The molecule has 23 heavy (non-hydrogen) atoms. The molecule has 1 amide bonds. The van der Waals surface area contributed by atoms with Gasteiger partial charge in [0.1, 0.15) is 11.5 Å². The van der Waals surface area contributed by atoms with Crippen LogP contribution in [-0.2, 0) is 0 Å². The highest BCUT2D eigenvalue weighted by Gasteiger charge is 2.15. The zero-order chi connectivity index (χ0) is 15.9. The summed E-state index contributed by atoms with van der Waals surface area (Å²) in [4.78, 5) is 16.3. The average Bonchev–Trinajstić information content (AvgIpc) is 2.62. The first-order valence-corrected chi connectivity index (χ1v) is 8.27. The Bertz CT molecular complexity index is 637. The Morgan fingerprint density at radius 3 is 2.65 bits per heavy atom. The van der Waals surface area contributed by atoms with Crippen LogP contribution in [0.1, 0.15) is 42.5 Å². The van der Waals surface area contributed by atoms with Gasteiger partial charge in [0.05, 0.1) is 0 Å². The van der Waals surface area contributed by atoms with Gasteiger partial charge in [0.15, 0.2) is 0 Å². The van der Waals surface area contributed by atoms with Gasteiger partial charge in [0.25, 0.3) is 5.91 Å². The Labute approximate surface area is 136 Å². The van der Waals surface area contributed by atoms with Crippen molar-refractivity contribution in [1.29, 1.82) is 0 Å². The van der Waals surface area contributed by atoms with Crippen molar-refractivity contribution >= 4 is 5.91 Å². The van der Waals surface area contributed by atoms with Crippen molar-refractivity contribution in [2.24, 2.45) is 5.92 Å². The summed E-state index contributed by atoms with van der Waals surface area (Å²) in [5.74, 6) is 1.96. The van der Waals surface area contributed by atoms with E-state index in [9.17, 15) is 4.79 Å². The number of amides is 1. The molecule has 0 spiro atoms. The minimum absolute atomic E-state index is 0.0317. The van der Waals surface area contributed by atoms with Gasteiger partial charge < -0.3 is 10.1 Å². The van der Waals surface area contributed by atoms with Crippen molar-refractivity contribution in [3.8, 4) is 11.5 Å². The Morgan fingerprint density at radius 2 is 1.87 bits per heavy atom. The third kappa shape index (κ3) is 4.55. The van der Waals surface area contributed by atoms with Gasteiger partial charge in [-0.15, -0.1) is 0 Å². The predicted molar refractivity (Wildman–Crippen MR) is 89.7 cm³/mol. The maximum atomic E-state index is 12.3. The monoisotopic (exact) mass is 310 g/mol. The molecule has 0 aliphatic heterocycles. The summed E-state index contributed by atoms with van der Waals surface area (Å²) in [6.45, 7) is 0.772. The van der Waals surface area contributed by atoms with Crippen LogP contribution in [0.3, 0.4) is 0 Å². The van der Waals surface area contributed by atoms with E-state index in [0.717, 1.165) is 6.54 Å². The second-order valence-electron chi connectivity index (χ2n) is 6.03. The standard InChI is InChI=1S/C19H22N2O2/c22-19(21-14-15-5-2-1-3-6-15)16-7-4-8-18(13-16)23-17-9-11-20-12-10-17/h4,7-13,15H,1-3,5-6,14H2,(H,21,22). The fraction of sp³-hybridized carbons (Fsp3) is 0.368. The first kappa shape index (κ1) is 15.5. The van der Waals surface area contributed by atoms with Crippen LogP contribution in [0.2, 0.25) is 0 Å². The second kappa shape index (κ2) is 7.77. The average molecular weight is 310 g/mol. The minimum atomic E-state index is -0.0317. The smallest absolute Gasteiger partial charge is 0.251 e. The fourth-order valence-corrected chi connectivity index (χ4v) is 2.97. The molecule has 0 saturated heterocycles. The lowest BCUT2D eigenvalue weighted by atomic mass is 9.89. The van der Waals surface area contributed by atoms with Crippen LogP contribution in [-0.4, -0.2) is 17.4 Å². The van der Waals surface area contributed by atoms with Gasteiger partial charge >= 0.3 is 0 Å². The van der Waals surface area contributed by atoms with E-state index in [-0.39, 0.29) is 5.91 Å². The largest absolute Gasteiger partial charge is 0.457 e. The van der Waals surface area contributed by atoms with Crippen LogP contribution in [0.25, 0.3) is 0 Å². The number of nitrogens with zero attached hydrogens (tertiary/aromatic N) is 1. The molecule has 0 bridgehead atoms. The van der Waals surface area contributed by atoms with E-state index in [0.29, 0.717) is 23.0 Å². The van der Waals surface area contributed by atoms with E-state index < -0.39 is 0 Å². The molecule has 3 rings (SSSR count). The maximum absolute atomic E-state index is 12.3. The topological polar surface area (TPSA) is 51.2 Å².